The van der Waals surface area contributed by atoms with Gasteiger partial charge in [0.05, 0.1) is 4.90 Å². The van der Waals surface area contributed by atoms with Crippen molar-refractivity contribution in [3.63, 3.8) is 0 Å². The van der Waals surface area contributed by atoms with Gasteiger partial charge in [-0.2, -0.15) is 0 Å². The Hall–Kier alpha value is -2.05. The number of anilines is 1. The number of nitrogens with one attached hydrogen (secondary N) is 1. The molecule has 1 N–H and O–H groups in total. The van der Waals surface area contributed by atoms with Gasteiger partial charge >= 0.3 is 0 Å². The van der Waals surface area contributed by atoms with Crippen molar-refractivity contribution in [2.24, 2.45) is 5.92 Å². The third-order valence-electron chi connectivity index (χ3n) is 4.30. The third-order valence-corrected chi connectivity index (χ3v) is 5.95. The minimum Gasteiger partial charge on any atom is -0.339 e. The molecule has 1 atom stereocenters. The number of hydrogen-bond acceptors (Lipinski definition) is 3. The molecule has 0 saturated heterocycles. The van der Waals surface area contributed by atoms with E-state index >= 15 is 0 Å². The lowest BCUT2D eigenvalue weighted by Crippen LogP contribution is -2.35. The Labute approximate surface area is 166 Å². The fourth-order valence-electron chi connectivity index (χ4n) is 2.75. The fourth-order valence-corrected chi connectivity index (χ4v) is 3.94. The summed E-state index contributed by atoms with van der Waals surface area (Å²) in [5.74, 6) is 0.361. The summed E-state index contributed by atoms with van der Waals surface area (Å²) in [4.78, 5) is 14.4. The summed E-state index contributed by atoms with van der Waals surface area (Å²) in [5, 5.41) is 0.525. The van der Waals surface area contributed by atoms with E-state index in [1.807, 2.05) is 6.92 Å². The summed E-state index contributed by atoms with van der Waals surface area (Å²) in [5.41, 5.74) is 0.875. The SMILES string of the molecule is CC(C)CC(C)N(C)C(=O)c1ccc(S(=O)(=O)Nc2ccc(Cl)cc2)cc1. The molecule has 2 aromatic carbocycles. The second-order valence-corrected chi connectivity index (χ2v) is 9.15. The molecule has 7 heteroatoms. The molecule has 0 aliphatic carbocycles. The first kappa shape index (κ1) is 21.3. The van der Waals surface area contributed by atoms with E-state index in [4.69, 9.17) is 11.6 Å². The first-order valence-electron chi connectivity index (χ1n) is 8.75. The zero-order chi connectivity index (χ0) is 20.2. The first-order valence-corrected chi connectivity index (χ1v) is 10.6. The van der Waals surface area contributed by atoms with Crippen molar-refractivity contribution < 1.29 is 13.2 Å². The lowest BCUT2D eigenvalue weighted by Gasteiger charge is -2.26. The first-order chi connectivity index (χ1) is 12.6. The van der Waals surface area contributed by atoms with Crippen molar-refractivity contribution in [3.05, 3.63) is 59.1 Å². The molecule has 0 spiro atoms. The van der Waals surface area contributed by atoms with E-state index < -0.39 is 10.0 Å². The van der Waals surface area contributed by atoms with Gasteiger partial charge in [-0.05, 0) is 67.8 Å². The molecule has 146 valence electrons. The number of nitrogens with zero attached hydrogens (tertiary/aromatic N) is 1. The Bertz CT molecular complexity index is 878. The standard InChI is InChI=1S/C20H25ClN2O3S/c1-14(2)13-15(3)23(4)20(24)16-5-11-19(12-6-16)27(25,26)22-18-9-7-17(21)8-10-18/h5-12,14-15,22H,13H2,1-4H3. The fraction of sp³-hybridized carbons (Fsp3) is 0.350. The predicted octanol–water partition coefficient (Wildman–Crippen LogP) is 4.65. The van der Waals surface area contributed by atoms with Crippen molar-refractivity contribution in [1.29, 1.82) is 0 Å². The Balaban J connectivity index is 2.13. The molecule has 0 bridgehead atoms. The molecule has 0 fully saturated rings. The number of rotatable bonds is 7. The van der Waals surface area contributed by atoms with Gasteiger partial charge in [-0.15, -0.1) is 0 Å². The van der Waals surface area contributed by atoms with Gasteiger partial charge in [0.15, 0.2) is 0 Å². The lowest BCUT2D eigenvalue weighted by atomic mass is 10.0. The van der Waals surface area contributed by atoms with Crippen molar-refractivity contribution >= 4 is 33.2 Å². The quantitative estimate of drug-likeness (QED) is 0.725. The minimum atomic E-state index is -3.74. The summed E-state index contributed by atoms with van der Waals surface area (Å²) in [7, 11) is -1.97. The topological polar surface area (TPSA) is 66.5 Å². The maximum Gasteiger partial charge on any atom is 0.261 e. The number of sulfonamides is 1. The number of hydrogen-bond donors (Lipinski definition) is 1. The molecule has 1 unspecified atom stereocenters. The summed E-state index contributed by atoms with van der Waals surface area (Å²) in [6.07, 6.45) is 0.902. The van der Waals surface area contributed by atoms with E-state index in [9.17, 15) is 13.2 Å². The van der Waals surface area contributed by atoms with E-state index in [1.165, 1.54) is 24.3 Å². The van der Waals surface area contributed by atoms with Crippen LogP contribution in [0.5, 0.6) is 0 Å². The molecule has 0 radical (unpaired) electrons. The number of benzene rings is 2. The molecular formula is C20H25ClN2O3S. The normalized spacial score (nSPS) is 12.7. The van der Waals surface area contributed by atoms with Crippen LogP contribution in [0.2, 0.25) is 5.02 Å². The van der Waals surface area contributed by atoms with Gasteiger partial charge in [-0.25, -0.2) is 8.42 Å². The van der Waals surface area contributed by atoms with E-state index in [2.05, 4.69) is 18.6 Å². The van der Waals surface area contributed by atoms with Crippen molar-refractivity contribution in [1.82, 2.24) is 4.90 Å². The van der Waals surface area contributed by atoms with Crippen LogP contribution in [0.25, 0.3) is 0 Å². The van der Waals surface area contributed by atoms with Gasteiger partial charge in [0.25, 0.3) is 15.9 Å². The highest BCUT2D eigenvalue weighted by molar-refractivity contribution is 7.92. The van der Waals surface area contributed by atoms with Crippen LogP contribution in [-0.2, 0) is 10.0 Å². The molecule has 0 saturated carbocycles. The third kappa shape index (κ3) is 5.71. The maximum absolute atomic E-state index is 12.6. The Morgan fingerprint density at radius 3 is 2.11 bits per heavy atom. The van der Waals surface area contributed by atoms with Crippen LogP contribution in [0.1, 0.15) is 37.6 Å². The largest absolute Gasteiger partial charge is 0.339 e. The van der Waals surface area contributed by atoms with Crippen LogP contribution in [-0.4, -0.2) is 32.3 Å². The summed E-state index contributed by atoms with van der Waals surface area (Å²) < 4.78 is 27.5. The number of halogens is 1. The van der Waals surface area contributed by atoms with Gasteiger partial charge in [0, 0.05) is 29.4 Å². The van der Waals surface area contributed by atoms with Gasteiger partial charge in [0.1, 0.15) is 0 Å². The van der Waals surface area contributed by atoms with Gasteiger partial charge in [-0.1, -0.05) is 25.4 Å². The van der Waals surface area contributed by atoms with E-state index in [0.717, 1.165) is 6.42 Å². The Morgan fingerprint density at radius 2 is 1.59 bits per heavy atom. The van der Waals surface area contributed by atoms with Crippen LogP contribution in [0.3, 0.4) is 0 Å². The monoisotopic (exact) mass is 408 g/mol. The minimum absolute atomic E-state index is 0.0897. The molecule has 27 heavy (non-hydrogen) atoms. The van der Waals surface area contributed by atoms with Gasteiger partial charge in [0.2, 0.25) is 0 Å². The Morgan fingerprint density at radius 1 is 1.04 bits per heavy atom. The van der Waals surface area contributed by atoms with Gasteiger partial charge in [-0.3, -0.25) is 9.52 Å². The molecule has 0 aliphatic heterocycles. The number of carbonyl (C=O) groups is 1. The lowest BCUT2D eigenvalue weighted by molar-refractivity contribution is 0.0728. The molecular weight excluding hydrogens is 384 g/mol. The Kier molecular flexibility index (Phi) is 6.89. The van der Waals surface area contributed by atoms with E-state index in [1.54, 1.807) is 36.2 Å². The second-order valence-electron chi connectivity index (χ2n) is 7.03. The highest BCUT2D eigenvalue weighted by Crippen LogP contribution is 2.20. The average Bonchev–Trinajstić information content (AvgIpc) is 2.61. The molecule has 0 heterocycles. The predicted molar refractivity (Wildman–Crippen MR) is 110 cm³/mol. The molecule has 0 aliphatic rings. The second kappa shape index (κ2) is 8.76. The van der Waals surface area contributed by atoms with Crippen LogP contribution >= 0.6 is 11.6 Å². The van der Waals surface area contributed by atoms with Crippen molar-refractivity contribution in [3.8, 4) is 0 Å². The van der Waals surface area contributed by atoms with Crippen LogP contribution in [0.15, 0.2) is 53.4 Å². The molecule has 2 rings (SSSR count). The van der Waals surface area contributed by atoms with Crippen LogP contribution < -0.4 is 4.72 Å². The molecule has 2 aromatic rings. The highest BCUT2D eigenvalue weighted by atomic mass is 35.5. The zero-order valence-corrected chi connectivity index (χ0v) is 17.5. The smallest absolute Gasteiger partial charge is 0.261 e. The zero-order valence-electron chi connectivity index (χ0n) is 15.9. The van der Waals surface area contributed by atoms with E-state index in [0.29, 0.717) is 22.2 Å². The van der Waals surface area contributed by atoms with Crippen LogP contribution in [0, 0.1) is 5.92 Å². The highest BCUT2D eigenvalue weighted by Gasteiger charge is 2.20. The summed E-state index contributed by atoms with van der Waals surface area (Å²) >= 11 is 5.81. The number of carbonyl (C=O) groups excluding carboxylic acids is 1. The summed E-state index contributed by atoms with van der Waals surface area (Å²) in [6.45, 7) is 6.23. The summed E-state index contributed by atoms with van der Waals surface area (Å²) in [6, 6.07) is 12.4. The molecule has 1 amide bonds. The van der Waals surface area contributed by atoms with E-state index in [-0.39, 0.29) is 16.8 Å². The molecule has 0 aromatic heterocycles. The van der Waals surface area contributed by atoms with Gasteiger partial charge < -0.3 is 4.90 Å². The molecule has 5 nitrogen and oxygen atoms in total. The number of amides is 1. The van der Waals surface area contributed by atoms with Crippen LogP contribution in [0.4, 0.5) is 5.69 Å². The van der Waals surface area contributed by atoms with Crippen molar-refractivity contribution in [2.45, 2.75) is 38.1 Å². The maximum atomic E-state index is 12.6. The van der Waals surface area contributed by atoms with Crippen molar-refractivity contribution in [2.75, 3.05) is 11.8 Å². The average molecular weight is 409 g/mol.